The number of fused-ring (bicyclic) bond motifs is 6. The third-order valence-electron chi connectivity index (χ3n) is 8.14. The molecule has 0 amide bonds. The molecule has 0 spiro atoms. The molecule has 4 aromatic carbocycles. The van der Waals surface area contributed by atoms with E-state index in [4.69, 9.17) is 0 Å². The van der Waals surface area contributed by atoms with Crippen LogP contribution in [0, 0.1) is 25.5 Å². The van der Waals surface area contributed by atoms with Crippen LogP contribution in [0.25, 0.3) is 33.2 Å². The topological polar surface area (TPSA) is 44.0 Å². The highest BCUT2D eigenvalue weighted by Gasteiger charge is 2.32. The van der Waals surface area contributed by atoms with Crippen molar-refractivity contribution in [1.82, 2.24) is 10.2 Å². The van der Waals surface area contributed by atoms with E-state index in [2.05, 4.69) is 64.6 Å². The Morgan fingerprint density at radius 1 is 0.895 bits per heavy atom. The number of nitrogens with one attached hydrogen (secondary N) is 2. The summed E-state index contributed by atoms with van der Waals surface area (Å²) >= 11 is 0. The van der Waals surface area contributed by atoms with Gasteiger partial charge in [-0.3, -0.25) is 5.10 Å². The number of aromatic nitrogens is 2. The lowest BCUT2D eigenvalue weighted by Gasteiger charge is -2.37. The van der Waals surface area contributed by atoms with E-state index >= 15 is 4.39 Å². The zero-order chi connectivity index (χ0) is 26.1. The lowest BCUT2D eigenvalue weighted by molar-refractivity contribution is 0.616. The van der Waals surface area contributed by atoms with Gasteiger partial charge in [0.15, 0.2) is 5.82 Å². The molecule has 0 saturated heterocycles. The van der Waals surface area contributed by atoms with Gasteiger partial charge in [-0.2, -0.15) is 5.10 Å². The number of benzene rings is 4. The Balaban J connectivity index is 1.47. The van der Waals surface area contributed by atoms with Crippen molar-refractivity contribution in [2.75, 3.05) is 10.2 Å². The van der Waals surface area contributed by atoms with E-state index in [-0.39, 0.29) is 11.1 Å². The van der Waals surface area contributed by atoms with Gasteiger partial charge in [-0.25, -0.2) is 8.78 Å². The maximum absolute atomic E-state index is 15.3. The van der Waals surface area contributed by atoms with Crippen molar-refractivity contribution < 1.29 is 8.78 Å². The van der Waals surface area contributed by atoms with Crippen molar-refractivity contribution in [1.29, 1.82) is 0 Å². The number of anilines is 3. The van der Waals surface area contributed by atoms with Crippen LogP contribution in [-0.2, 0) is 13.0 Å². The first kappa shape index (κ1) is 23.0. The Morgan fingerprint density at radius 2 is 1.74 bits per heavy atom. The smallest absolute Gasteiger partial charge is 0.163 e. The van der Waals surface area contributed by atoms with Crippen LogP contribution in [0.5, 0.6) is 0 Å². The fourth-order valence-corrected chi connectivity index (χ4v) is 6.23. The first-order valence-corrected chi connectivity index (χ1v) is 13.1. The van der Waals surface area contributed by atoms with Gasteiger partial charge in [0, 0.05) is 39.9 Å². The minimum atomic E-state index is -0.478. The van der Waals surface area contributed by atoms with E-state index < -0.39 is 11.6 Å². The van der Waals surface area contributed by atoms with Crippen LogP contribution in [0.4, 0.5) is 26.0 Å². The lowest BCUT2D eigenvalue weighted by atomic mass is 9.84. The number of hydrogen-bond acceptors (Lipinski definition) is 3. The van der Waals surface area contributed by atoms with E-state index in [0.717, 1.165) is 23.9 Å². The molecule has 0 saturated carbocycles. The zero-order valence-corrected chi connectivity index (χ0v) is 21.6. The molecule has 7 rings (SSSR count). The van der Waals surface area contributed by atoms with Crippen LogP contribution in [0.1, 0.15) is 35.6 Å². The third-order valence-corrected chi connectivity index (χ3v) is 8.14. The van der Waals surface area contributed by atoms with Crippen molar-refractivity contribution in [3.8, 4) is 22.3 Å². The van der Waals surface area contributed by atoms with Crippen molar-refractivity contribution >= 4 is 28.1 Å². The molecule has 1 atom stereocenters. The molecular weight excluding hydrogens is 478 g/mol. The van der Waals surface area contributed by atoms with Crippen molar-refractivity contribution in [2.45, 2.75) is 46.2 Å². The van der Waals surface area contributed by atoms with Gasteiger partial charge in [-0.05, 0) is 79.6 Å². The second-order valence-corrected chi connectivity index (χ2v) is 10.6. The maximum Gasteiger partial charge on any atom is 0.163 e. The van der Waals surface area contributed by atoms with Crippen LogP contribution in [0.15, 0.2) is 60.7 Å². The molecule has 2 aliphatic rings. The summed E-state index contributed by atoms with van der Waals surface area (Å²) in [5.41, 5.74) is 10.3. The van der Waals surface area contributed by atoms with Crippen LogP contribution < -0.4 is 10.2 Å². The minimum absolute atomic E-state index is 0.241. The number of H-pyrrole nitrogens is 1. The fraction of sp³-hybridized carbons (Fsp3) is 0.219. The number of halogens is 2. The largest absolute Gasteiger partial charge is 0.382 e. The summed E-state index contributed by atoms with van der Waals surface area (Å²) in [4.78, 5) is 2.21. The van der Waals surface area contributed by atoms with E-state index in [0.29, 0.717) is 29.5 Å². The van der Waals surface area contributed by atoms with Gasteiger partial charge in [0.25, 0.3) is 0 Å². The van der Waals surface area contributed by atoms with Gasteiger partial charge in [0.1, 0.15) is 11.6 Å². The van der Waals surface area contributed by atoms with E-state index in [9.17, 15) is 4.39 Å². The molecule has 6 heteroatoms. The summed E-state index contributed by atoms with van der Waals surface area (Å²) < 4.78 is 30.2. The van der Waals surface area contributed by atoms with Gasteiger partial charge < -0.3 is 10.2 Å². The summed E-state index contributed by atoms with van der Waals surface area (Å²) in [6.07, 6.45) is 2.15. The number of aryl methyl sites for hydroxylation is 2. The van der Waals surface area contributed by atoms with E-state index in [1.54, 1.807) is 25.1 Å². The number of rotatable bonds is 2. The van der Waals surface area contributed by atoms with Gasteiger partial charge >= 0.3 is 0 Å². The second kappa shape index (κ2) is 8.42. The summed E-state index contributed by atoms with van der Waals surface area (Å²) in [7, 11) is 0. The monoisotopic (exact) mass is 506 g/mol. The predicted molar refractivity (Wildman–Crippen MR) is 150 cm³/mol. The molecule has 3 heterocycles. The molecular formula is C32H28F2N4. The van der Waals surface area contributed by atoms with Crippen molar-refractivity contribution in [2.24, 2.45) is 0 Å². The second-order valence-electron chi connectivity index (χ2n) is 10.6. The molecule has 2 N–H and O–H groups in total. The molecule has 1 unspecified atom stereocenters. The van der Waals surface area contributed by atoms with Gasteiger partial charge in [-0.1, -0.05) is 36.4 Å². The number of hydrogen-bond donors (Lipinski definition) is 2. The molecule has 190 valence electrons. The molecule has 0 radical (unpaired) electrons. The zero-order valence-electron chi connectivity index (χ0n) is 21.6. The van der Waals surface area contributed by atoms with Crippen molar-refractivity contribution in [3.05, 3.63) is 94.6 Å². The molecule has 2 aliphatic heterocycles. The molecule has 4 nitrogen and oxygen atoms in total. The van der Waals surface area contributed by atoms with Crippen molar-refractivity contribution in [3.63, 3.8) is 0 Å². The van der Waals surface area contributed by atoms with Gasteiger partial charge in [-0.15, -0.1) is 0 Å². The molecule has 0 bridgehead atoms. The Labute approximate surface area is 220 Å². The predicted octanol–water partition coefficient (Wildman–Crippen LogP) is 8.19. The average molecular weight is 507 g/mol. The Bertz CT molecular complexity index is 1730. The van der Waals surface area contributed by atoms with Crippen LogP contribution in [-0.4, -0.2) is 16.2 Å². The summed E-state index contributed by atoms with van der Waals surface area (Å²) in [6.45, 7) is 6.83. The SMILES string of the molecule is Cc1cc2c(c3c1CCC(C)N3)-c1ccccc1CN2c1n[nH]c2cc(F)c(-c3c(C)cccc3F)cc12. The minimum Gasteiger partial charge on any atom is -0.382 e. The summed E-state index contributed by atoms with van der Waals surface area (Å²) in [6, 6.07) is 19.1. The molecule has 5 aromatic rings. The van der Waals surface area contributed by atoms with Crippen LogP contribution in [0.2, 0.25) is 0 Å². The normalized spacial score (nSPS) is 16.1. The molecule has 38 heavy (non-hydrogen) atoms. The number of aromatic amines is 1. The first-order chi connectivity index (χ1) is 18.4. The van der Waals surface area contributed by atoms with E-state index in [1.807, 2.05) is 0 Å². The van der Waals surface area contributed by atoms with Crippen LogP contribution in [0.3, 0.4) is 0 Å². The third kappa shape index (κ3) is 3.36. The lowest BCUT2D eigenvalue weighted by Crippen LogP contribution is -2.27. The van der Waals surface area contributed by atoms with Gasteiger partial charge in [0.05, 0.1) is 17.7 Å². The Morgan fingerprint density at radius 3 is 2.58 bits per heavy atom. The van der Waals surface area contributed by atoms with E-state index in [1.165, 1.54) is 45.6 Å². The van der Waals surface area contributed by atoms with Gasteiger partial charge in [0.2, 0.25) is 0 Å². The fourth-order valence-electron chi connectivity index (χ4n) is 6.23. The average Bonchev–Trinajstić information content (AvgIpc) is 3.30. The number of nitrogens with zero attached hydrogens (tertiary/aromatic N) is 2. The molecule has 1 aromatic heterocycles. The molecule has 0 aliphatic carbocycles. The summed E-state index contributed by atoms with van der Waals surface area (Å²) in [5, 5.41) is 12.3. The highest BCUT2D eigenvalue weighted by atomic mass is 19.1. The highest BCUT2D eigenvalue weighted by molar-refractivity contribution is 6.02. The Hall–Kier alpha value is -4.19. The first-order valence-electron chi connectivity index (χ1n) is 13.1. The Kier molecular flexibility index (Phi) is 5.09. The standard InChI is InChI=1S/C32H28F2N4/c1-17-7-6-10-25(33)29(17)23-14-24-27(15-26(23)34)36-37-32(24)38-16-20-8-4-5-9-22(20)30-28(38)13-18(2)21-12-11-19(3)35-31(21)30/h4-10,13-15,19,35H,11-12,16H2,1-3H3,(H,36,37). The quantitative estimate of drug-likeness (QED) is 0.254. The summed E-state index contributed by atoms with van der Waals surface area (Å²) in [5.74, 6) is -0.212. The highest BCUT2D eigenvalue weighted by Crippen LogP contribution is 2.51. The maximum atomic E-state index is 15.3. The molecule has 0 fully saturated rings. The van der Waals surface area contributed by atoms with Crippen LogP contribution >= 0.6 is 0 Å².